The number of carbonyl (C=O) groups is 1. The average molecular weight is 343 g/mol. The minimum absolute atomic E-state index is 0.0331. The predicted octanol–water partition coefficient (Wildman–Crippen LogP) is 0.771. The minimum Gasteiger partial charge on any atom is -0.368 e. The molecule has 1 amide bonds. The fourth-order valence-electron chi connectivity index (χ4n) is 3.55. The zero-order valence-corrected chi connectivity index (χ0v) is 14.0. The fraction of sp³-hybridized carbons (Fsp3) is 0.529. The van der Waals surface area contributed by atoms with Gasteiger partial charge >= 0.3 is 5.69 Å². The summed E-state index contributed by atoms with van der Waals surface area (Å²) in [7, 11) is 0. The molecular formula is C17H21N5O3. The molecule has 1 aromatic heterocycles. The third kappa shape index (κ3) is 3.09. The van der Waals surface area contributed by atoms with E-state index in [0.29, 0.717) is 25.4 Å². The summed E-state index contributed by atoms with van der Waals surface area (Å²) in [6.45, 7) is 1.83. The maximum atomic E-state index is 12.7. The zero-order chi connectivity index (χ0) is 17.2. The van der Waals surface area contributed by atoms with E-state index in [4.69, 9.17) is 4.74 Å². The Morgan fingerprint density at radius 3 is 2.72 bits per heavy atom. The quantitative estimate of drug-likeness (QED) is 0.822. The van der Waals surface area contributed by atoms with Gasteiger partial charge in [0, 0.05) is 19.7 Å². The highest BCUT2D eigenvalue weighted by Gasteiger charge is 2.33. The molecule has 1 aromatic carbocycles. The van der Waals surface area contributed by atoms with Crippen molar-refractivity contribution in [2.24, 2.45) is 0 Å². The number of piperidine rings is 1. The van der Waals surface area contributed by atoms with Crippen LogP contribution in [0, 0.1) is 0 Å². The Morgan fingerprint density at radius 2 is 1.96 bits per heavy atom. The van der Waals surface area contributed by atoms with Gasteiger partial charge in [-0.1, -0.05) is 18.2 Å². The number of para-hydroxylation sites is 1. The van der Waals surface area contributed by atoms with Crippen LogP contribution in [0.25, 0.3) is 5.69 Å². The summed E-state index contributed by atoms with van der Waals surface area (Å²) in [6, 6.07) is 9.06. The molecule has 2 fully saturated rings. The molecule has 2 saturated heterocycles. The van der Waals surface area contributed by atoms with Crippen LogP contribution in [0.5, 0.6) is 0 Å². The summed E-state index contributed by atoms with van der Waals surface area (Å²) in [5.41, 5.74) is 0.407. The minimum atomic E-state index is -0.324. The van der Waals surface area contributed by atoms with Gasteiger partial charge in [0.15, 0.2) is 0 Å². The third-order valence-electron chi connectivity index (χ3n) is 4.86. The van der Waals surface area contributed by atoms with Gasteiger partial charge in [0.25, 0.3) is 5.91 Å². The van der Waals surface area contributed by atoms with Crippen molar-refractivity contribution in [3.63, 3.8) is 0 Å². The van der Waals surface area contributed by atoms with Gasteiger partial charge in [-0.25, -0.2) is 4.79 Å². The molecule has 0 bridgehead atoms. The number of tetrazole rings is 1. The number of carbonyl (C=O) groups excluding carboxylic acids is 1. The number of amides is 1. The van der Waals surface area contributed by atoms with Gasteiger partial charge in [-0.2, -0.15) is 9.36 Å². The molecule has 25 heavy (non-hydrogen) atoms. The fourth-order valence-corrected chi connectivity index (χ4v) is 3.55. The number of ether oxygens (including phenoxy) is 1. The SMILES string of the molecule is O=C([C@@H]1CCCO1)N1CCC[C@@H](n2nnn(-c3ccccc3)c2=O)C1. The predicted molar refractivity (Wildman–Crippen MR) is 89.4 cm³/mol. The number of rotatable bonds is 3. The highest BCUT2D eigenvalue weighted by Crippen LogP contribution is 2.22. The summed E-state index contributed by atoms with van der Waals surface area (Å²) in [5, 5.41) is 8.05. The van der Waals surface area contributed by atoms with Gasteiger partial charge in [-0.3, -0.25) is 4.79 Å². The maximum Gasteiger partial charge on any atom is 0.368 e. The Morgan fingerprint density at radius 1 is 1.12 bits per heavy atom. The summed E-state index contributed by atoms with van der Waals surface area (Å²) in [5.74, 6) is 0.0331. The Balaban J connectivity index is 1.53. The van der Waals surface area contributed by atoms with E-state index in [1.54, 1.807) is 4.90 Å². The molecule has 2 aromatic rings. The lowest BCUT2D eigenvalue weighted by molar-refractivity contribution is -0.142. The Hall–Kier alpha value is -2.48. The Kier molecular flexibility index (Phi) is 4.35. The molecule has 8 nitrogen and oxygen atoms in total. The lowest BCUT2D eigenvalue weighted by Crippen LogP contribution is -2.46. The Labute approximate surface area is 145 Å². The first-order chi connectivity index (χ1) is 12.2. The maximum absolute atomic E-state index is 12.7. The molecule has 2 aliphatic rings. The molecule has 2 atom stereocenters. The molecular weight excluding hydrogens is 322 g/mol. The molecule has 0 saturated carbocycles. The molecule has 132 valence electrons. The summed E-state index contributed by atoms with van der Waals surface area (Å²) in [4.78, 5) is 27.0. The highest BCUT2D eigenvalue weighted by molar-refractivity contribution is 5.81. The van der Waals surface area contributed by atoms with Crippen LogP contribution >= 0.6 is 0 Å². The summed E-state index contributed by atoms with van der Waals surface area (Å²) < 4.78 is 8.20. The van der Waals surface area contributed by atoms with Gasteiger partial charge in [0.05, 0.1) is 11.7 Å². The molecule has 0 N–H and O–H groups in total. The molecule has 4 rings (SSSR count). The summed E-state index contributed by atoms with van der Waals surface area (Å²) >= 11 is 0. The van der Waals surface area contributed by atoms with E-state index in [-0.39, 0.29) is 23.7 Å². The van der Waals surface area contributed by atoms with E-state index >= 15 is 0 Å². The molecule has 0 aliphatic carbocycles. The van der Waals surface area contributed by atoms with E-state index in [2.05, 4.69) is 10.4 Å². The second-order valence-electron chi connectivity index (χ2n) is 6.54. The lowest BCUT2D eigenvalue weighted by Gasteiger charge is -2.33. The average Bonchev–Trinajstić information content (AvgIpc) is 3.32. The van der Waals surface area contributed by atoms with Gasteiger partial charge in [0.1, 0.15) is 6.10 Å². The van der Waals surface area contributed by atoms with Gasteiger partial charge in [-0.05, 0) is 48.2 Å². The summed E-state index contributed by atoms with van der Waals surface area (Å²) in [6.07, 6.45) is 3.04. The number of nitrogens with zero attached hydrogens (tertiary/aromatic N) is 5. The van der Waals surface area contributed by atoms with Crippen molar-refractivity contribution in [2.45, 2.75) is 37.8 Å². The number of hydrogen-bond acceptors (Lipinski definition) is 5. The molecule has 0 radical (unpaired) electrons. The van der Waals surface area contributed by atoms with E-state index in [9.17, 15) is 9.59 Å². The largest absolute Gasteiger partial charge is 0.368 e. The van der Waals surface area contributed by atoms with Crippen molar-refractivity contribution in [3.8, 4) is 5.69 Å². The van der Waals surface area contributed by atoms with Crippen LogP contribution in [0.2, 0.25) is 0 Å². The first-order valence-electron chi connectivity index (χ1n) is 8.74. The van der Waals surface area contributed by atoms with Crippen LogP contribution in [-0.2, 0) is 9.53 Å². The standard InChI is InChI=1S/C17H21N5O3/c23-16(15-9-5-11-25-15)20-10-4-8-14(12-20)22-17(24)21(18-19-22)13-6-2-1-3-7-13/h1-3,6-7,14-15H,4-5,8-12H2/t14-,15+/m1/s1. The second-order valence-corrected chi connectivity index (χ2v) is 6.54. The van der Waals surface area contributed by atoms with Crippen LogP contribution in [-0.4, -0.2) is 56.4 Å². The molecule has 3 heterocycles. The first kappa shape index (κ1) is 16.0. The number of hydrogen-bond donors (Lipinski definition) is 0. The monoisotopic (exact) mass is 343 g/mol. The van der Waals surface area contributed by atoms with Crippen molar-refractivity contribution < 1.29 is 9.53 Å². The number of aromatic nitrogens is 4. The molecule has 0 unspecified atom stereocenters. The smallest absolute Gasteiger partial charge is 0.368 e. The van der Waals surface area contributed by atoms with Crippen LogP contribution in [0.3, 0.4) is 0 Å². The van der Waals surface area contributed by atoms with Gasteiger partial charge in [0.2, 0.25) is 0 Å². The third-order valence-corrected chi connectivity index (χ3v) is 4.86. The van der Waals surface area contributed by atoms with E-state index in [0.717, 1.165) is 25.7 Å². The topological polar surface area (TPSA) is 82.2 Å². The van der Waals surface area contributed by atoms with Crippen molar-refractivity contribution in [2.75, 3.05) is 19.7 Å². The number of likely N-dealkylation sites (tertiary alicyclic amines) is 1. The van der Waals surface area contributed by atoms with Crippen LogP contribution in [0.4, 0.5) is 0 Å². The molecule has 2 aliphatic heterocycles. The number of benzene rings is 1. The zero-order valence-electron chi connectivity index (χ0n) is 14.0. The lowest BCUT2D eigenvalue weighted by atomic mass is 10.0. The van der Waals surface area contributed by atoms with E-state index < -0.39 is 0 Å². The second kappa shape index (κ2) is 6.79. The van der Waals surface area contributed by atoms with Gasteiger partial charge in [-0.15, -0.1) is 0 Å². The first-order valence-corrected chi connectivity index (χ1v) is 8.74. The van der Waals surface area contributed by atoms with Crippen molar-refractivity contribution >= 4 is 5.91 Å². The van der Waals surface area contributed by atoms with Crippen molar-refractivity contribution in [1.82, 2.24) is 24.7 Å². The van der Waals surface area contributed by atoms with E-state index in [1.807, 2.05) is 30.3 Å². The highest BCUT2D eigenvalue weighted by atomic mass is 16.5. The van der Waals surface area contributed by atoms with E-state index in [1.165, 1.54) is 9.36 Å². The Bertz CT molecular complexity index is 794. The van der Waals surface area contributed by atoms with Crippen LogP contribution in [0.15, 0.2) is 35.1 Å². The molecule has 0 spiro atoms. The van der Waals surface area contributed by atoms with Crippen molar-refractivity contribution in [3.05, 3.63) is 40.8 Å². The van der Waals surface area contributed by atoms with Gasteiger partial charge < -0.3 is 9.64 Å². The van der Waals surface area contributed by atoms with Crippen molar-refractivity contribution in [1.29, 1.82) is 0 Å². The van der Waals surface area contributed by atoms with Crippen LogP contribution < -0.4 is 5.69 Å². The normalized spacial score (nSPS) is 23.8. The van der Waals surface area contributed by atoms with Crippen LogP contribution in [0.1, 0.15) is 31.7 Å². The molecule has 8 heteroatoms.